The average Bonchev–Trinajstić information content (AvgIpc) is 3.58. The van der Waals surface area contributed by atoms with Gasteiger partial charge in [-0.25, -0.2) is 27.2 Å². The van der Waals surface area contributed by atoms with Gasteiger partial charge in [0.1, 0.15) is 28.4 Å². The van der Waals surface area contributed by atoms with Crippen molar-refractivity contribution < 1.29 is 35.9 Å². The molecule has 0 aliphatic rings. The molecule has 0 aliphatic carbocycles. The minimum Gasteiger partial charge on any atom is -0.493 e. The molecule has 6 rings (SSSR count). The number of fused-ring (bicyclic) bond motifs is 2. The summed E-state index contributed by atoms with van der Waals surface area (Å²) in [5, 5.41) is 13.5. The summed E-state index contributed by atoms with van der Waals surface area (Å²) in [5.74, 6) is -1.96. The minimum absolute atomic E-state index is 0.0231. The van der Waals surface area contributed by atoms with Crippen molar-refractivity contribution in [2.24, 2.45) is 0 Å². The van der Waals surface area contributed by atoms with E-state index >= 15 is 0 Å². The summed E-state index contributed by atoms with van der Waals surface area (Å²) in [5.41, 5.74) is 1.63. The number of amides is 1. The molecule has 2 N–H and O–H groups in total. The zero-order valence-electron chi connectivity index (χ0n) is 22.8. The average molecular weight is 605 g/mol. The maximum atomic E-state index is 14.3. The van der Waals surface area contributed by atoms with E-state index in [1.165, 1.54) is 74.8 Å². The van der Waals surface area contributed by atoms with Gasteiger partial charge in [-0.3, -0.25) is 9.10 Å². The SMILES string of the molecule is CNC(=O)c1c(-c2ccc(F)cc2)oc2cc(N(C)S(C)(=O)=O)c(-c3cc(O)nc(-c4nc5c(F)cccc5o4)c3)cc12. The van der Waals surface area contributed by atoms with Crippen LogP contribution in [0, 0.1) is 11.6 Å². The van der Waals surface area contributed by atoms with E-state index in [2.05, 4.69) is 15.3 Å². The van der Waals surface area contributed by atoms with Crippen LogP contribution >= 0.6 is 0 Å². The number of aromatic nitrogens is 2. The molecule has 13 heteroatoms. The van der Waals surface area contributed by atoms with E-state index in [-0.39, 0.29) is 56.4 Å². The normalized spacial score (nSPS) is 11.7. The fourth-order valence-electron chi connectivity index (χ4n) is 4.76. The predicted molar refractivity (Wildman–Crippen MR) is 156 cm³/mol. The number of anilines is 1. The Hall–Kier alpha value is -5.30. The molecule has 1 amide bonds. The Morgan fingerprint density at radius 2 is 1.70 bits per heavy atom. The van der Waals surface area contributed by atoms with Crippen molar-refractivity contribution in [2.45, 2.75) is 0 Å². The van der Waals surface area contributed by atoms with Gasteiger partial charge >= 0.3 is 0 Å². The molecule has 3 aromatic carbocycles. The summed E-state index contributed by atoms with van der Waals surface area (Å²) in [6.45, 7) is 0. The Labute approximate surface area is 243 Å². The Kier molecular flexibility index (Phi) is 6.61. The molecule has 0 atom stereocenters. The summed E-state index contributed by atoms with van der Waals surface area (Å²) in [4.78, 5) is 21.4. The number of aromatic hydroxyl groups is 1. The number of halogens is 2. The van der Waals surface area contributed by atoms with Crippen LogP contribution in [0.5, 0.6) is 5.88 Å². The predicted octanol–water partition coefficient (Wildman–Crippen LogP) is 5.71. The van der Waals surface area contributed by atoms with Gasteiger partial charge < -0.3 is 19.3 Å². The van der Waals surface area contributed by atoms with E-state index in [1.54, 1.807) is 6.07 Å². The number of furan rings is 1. The van der Waals surface area contributed by atoms with Crippen molar-refractivity contribution in [3.8, 4) is 39.9 Å². The third kappa shape index (κ3) is 4.93. The number of carbonyl (C=O) groups excluding carboxylic acids is 1. The molecule has 218 valence electrons. The smallest absolute Gasteiger partial charge is 0.255 e. The summed E-state index contributed by atoms with van der Waals surface area (Å²) >= 11 is 0. The summed E-state index contributed by atoms with van der Waals surface area (Å²) in [6, 6.07) is 15.4. The fraction of sp³-hybridized carbons (Fsp3) is 0.100. The van der Waals surface area contributed by atoms with Crippen molar-refractivity contribution in [3.63, 3.8) is 0 Å². The van der Waals surface area contributed by atoms with Crippen LogP contribution in [-0.4, -0.2) is 49.8 Å². The van der Waals surface area contributed by atoms with Crippen LogP contribution in [0.15, 0.2) is 75.6 Å². The van der Waals surface area contributed by atoms with Crippen LogP contribution in [0.25, 0.3) is 56.1 Å². The van der Waals surface area contributed by atoms with Gasteiger partial charge in [-0.15, -0.1) is 0 Å². The summed E-state index contributed by atoms with van der Waals surface area (Å²) in [7, 11) is -1.03. The lowest BCUT2D eigenvalue weighted by Gasteiger charge is -2.21. The first kappa shape index (κ1) is 27.8. The van der Waals surface area contributed by atoms with E-state index < -0.39 is 33.4 Å². The second kappa shape index (κ2) is 10.2. The monoisotopic (exact) mass is 604 g/mol. The number of hydrogen-bond acceptors (Lipinski definition) is 8. The number of oxazole rings is 1. The van der Waals surface area contributed by atoms with E-state index in [9.17, 15) is 27.1 Å². The van der Waals surface area contributed by atoms with Gasteiger partial charge in [-0.2, -0.15) is 0 Å². The molecule has 0 fully saturated rings. The Morgan fingerprint density at radius 1 is 0.953 bits per heavy atom. The van der Waals surface area contributed by atoms with Gasteiger partial charge in [0.25, 0.3) is 5.91 Å². The zero-order chi connectivity index (χ0) is 30.6. The second-order valence-corrected chi connectivity index (χ2v) is 11.7. The van der Waals surface area contributed by atoms with Gasteiger partial charge in [-0.1, -0.05) is 6.07 Å². The molecular formula is C30H22F2N4O6S. The molecule has 6 aromatic rings. The van der Waals surface area contributed by atoms with E-state index in [1.807, 2.05) is 0 Å². The highest BCUT2D eigenvalue weighted by Crippen LogP contribution is 2.42. The number of benzene rings is 3. The first-order valence-corrected chi connectivity index (χ1v) is 14.6. The van der Waals surface area contributed by atoms with Gasteiger partial charge in [0, 0.05) is 42.7 Å². The van der Waals surface area contributed by atoms with Crippen LogP contribution in [-0.2, 0) is 10.0 Å². The number of nitrogens with one attached hydrogen (secondary N) is 1. The van der Waals surface area contributed by atoms with Gasteiger partial charge in [0.15, 0.2) is 11.4 Å². The standard InChI is InChI=1S/C30H22F2N4O6S/c1-33-29(38)26-19-13-18(16-11-21(34-25(37)12-16)30-35-27-20(32)5-4-6-23(27)42-30)22(36(2)43(3,39)40)14-24(19)41-28(26)15-7-9-17(31)10-8-15/h4-14H,1-3H3,(H,33,38)(H,34,37). The molecule has 0 saturated carbocycles. The first-order chi connectivity index (χ1) is 20.4. The lowest BCUT2D eigenvalue weighted by molar-refractivity contribution is 0.0964. The second-order valence-electron chi connectivity index (χ2n) is 9.69. The summed E-state index contributed by atoms with van der Waals surface area (Å²) < 4.78 is 66.1. The van der Waals surface area contributed by atoms with Crippen LogP contribution in [0.1, 0.15) is 10.4 Å². The number of carbonyl (C=O) groups is 1. The van der Waals surface area contributed by atoms with Crippen LogP contribution in [0.3, 0.4) is 0 Å². The first-order valence-electron chi connectivity index (χ1n) is 12.7. The van der Waals surface area contributed by atoms with E-state index in [4.69, 9.17) is 8.83 Å². The minimum atomic E-state index is -3.81. The van der Waals surface area contributed by atoms with E-state index in [0.29, 0.717) is 10.9 Å². The molecule has 3 heterocycles. The van der Waals surface area contributed by atoms with E-state index in [0.717, 1.165) is 10.6 Å². The van der Waals surface area contributed by atoms with Gasteiger partial charge in [-0.05, 0) is 54.1 Å². The third-order valence-corrected chi connectivity index (χ3v) is 8.11. The van der Waals surface area contributed by atoms with Gasteiger partial charge in [0.05, 0.1) is 17.5 Å². The molecule has 0 radical (unpaired) electrons. The lowest BCUT2D eigenvalue weighted by atomic mass is 9.98. The maximum Gasteiger partial charge on any atom is 0.255 e. The lowest BCUT2D eigenvalue weighted by Crippen LogP contribution is -2.25. The number of pyridine rings is 1. The van der Waals surface area contributed by atoms with Crippen molar-refractivity contribution >= 4 is 43.7 Å². The van der Waals surface area contributed by atoms with Crippen LogP contribution < -0.4 is 9.62 Å². The van der Waals surface area contributed by atoms with Crippen LogP contribution in [0.4, 0.5) is 14.5 Å². The number of nitrogens with zero attached hydrogens (tertiary/aromatic N) is 3. The number of para-hydroxylation sites is 1. The molecule has 0 bridgehead atoms. The van der Waals surface area contributed by atoms with Crippen molar-refractivity contribution in [1.29, 1.82) is 0 Å². The highest BCUT2D eigenvalue weighted by molar-refractivity contribution is 7.92. The third-order valence-electron chi connectivity index (χ3n) is 6.92. The molecule has 0 unspecified atom stereocenters. The molecule has 10 nitrogen and oxygen atoms in total. The molecule has 0 spiro atoms. The Balaban J connectivity index is 1.63. The van der Waals surface area contributed by atoms with Crippen molar-refractivity contribution in [3.05, 3.63) is 83.9 Å². The summed E-state index contributed by atoms with van der Waals surface area (Å²) in [6.07, 6.45) is 1.02. The van der Waals surface area contributed by atoms with Crippen molar-refractivity contribution in [2.75, 3.05) is 24.7 Å². The number of hydrogen-bond donors (Lipinski definition) is 2. The molecule has 0 saturated heterocycles. The number of sulfonamides is 1. The Morgan fingerprint density at radius 3 is 2.37 bits per heavy atom. The quantitative estimate of drug-likeness (QED) is 0.247. The molecule has 0 aliphatic heterocycles. The van der Waals surface area contributed by atoms with Crippen molar-refractivity contribution in [1.82, 2.24) is 15.3 Å². The van der Waals surface area contributed by atoms with Crippen LogP contribution in [0.2, 0.25) is 0 Å². The zero-order valence-corrected chi connectivity index (χ0v) is 23.7. The maximum absolute atomic E-state index is 14.3. The molecule has 3 aromatic heterocycles. The molecular weight excluding hydrogens is 582 g/mol. The van der Waals surface area contributed by atoms with Gasteiger partial charge in [0.2, 0.25) is 21.8 Å². The molecule has 43 heavy (non-hydrogen) atoms. The topological polar surface area (TPSA) is 139 Å². The number of rotatable bonds is 6. The Bertz CT molecular complexity index is 2180. The fourth-order valence-corrected chi connectivity index (χ4v) is 5.27. The highest BCUT2D eigenvalue weighted by atomic mass is 32.2. The largest absolute Gasteiger partial charge is 0.493 e. The highest BCUT2D eigenvalue weighted by Gasteiger charge is 2.26.